The molecule has 1 unspecified atom stereocenters. The topological polar surface area (TPSA) is 17.1 Å². The summed E-state index contributed by atoms with van der Waals surface area (Å²) in [7, 11) is 0. The Morgan fingerprint density at radius 1 is 1.36 bits per heavy atom. The molecule has 11 heavy (non-hydrogen) atoms. The molecule has 0 aliphatic rings. The lowest BCUT2D eigenvalue weighted by Gasteiger charge is -2.03. The molecule has 0 aliphatic carbocycles. The van der Waals surface area contributed by atoms with Gasteiger partial charge in [0.05, 0.1) is 0 Å². The van der Waals surface area contributed by atoms with Gasteiger partial charge in [-0.05, 0) is 5.92 Å². The van der Waals surface area contributed by atoms with Crippen LogP contribution in [0.25, 0.3) is 0 Å². The van der Waals surface area contributed by atoms with Gasteiger partial charge < -0.3 is 4.79 Å². The zero-order valence-corrected chi connectivity index (χ0v) is 8.39. The van der Waals surface area contributed by atoms with Crippen LogP contribution in [0.4, 0.5) is 0 Å². The summed E-state index contributed by atoms with van der Waals surface area (Å²) < 4.78 is 0. The highest BCUT2D eigenvalue weighted by molar-refractivity contribution is 5.49. The van der Waals surface area contributed by atoms with Crippen molar-refractivity contribution >= 4 is 6.29 Å². The molecule has 0 aromatic heterocycles. The van der Waals surface area contributed by atoms with Crippen molar-refractivity contribution in [1.29, 1.82) is 0 Å². The van der Waals surface area contributed by atoms with Crippen LogP contribution in [-0.4, -0.2) is 6.29 Å². The van der Waals surface area contributed by atoms with Crippen LogP contribution in [0.2, 0.25) is 0 Å². The molecule has 1 nitrogen and oxygen atoms in total. The van der Waals surface area contributed by atoms with E-state index in [1.165, 1.54) is 19.3 Å². The summed E-state index contributed by atoms with van der Waals surface area (Å²) >= 11 is 0. The lowest BCUT2D eigenvalue weighted by Crippen LogP contribution is -1.94. The van der Waals surface area contributed by atoms with Gasteiger partial charge in [-0.2, -0.15) is 0 Å². The SMILES string of the molecule is CC.CCCCC(C)CC=O. The molecule has 0 N–H and O–H groups in total. The monoisotopic (exact) mass is 158 g/mol. The van der Waals surface area contributed by atoms with Crippen molar-refractivity contribution in [2.24, 2.45) is 5.92 Å². The summed E-state index contributed by atoms with van der Waals surface area (Å²) in [5.41, 5.74) is 0. The number of unbranched alkanes of at least 4 members (excludes halogenated alkanes) is 1. The molecule has 0 aromatic rings. The molecule has 0 aliphatic heterocycles. The maximum atomic E-state index is 9.98. The summed E-state index contributed by atoms with van der Waals surface area (Å²) in [6.07, 6.45) is 5.45. The molecule has 0 saturated carbocycles. The van der Waals surface area contributed by atoms with Gasteiger partial charge in [-0.1, -0.05) is 47.0 Å². The number of hydrogen-bond acceptors (Lipinski definition) is 1. The fourth-order valence-electron chi connectivity index (χ4n) is 0.835. The quantitative estimate of drug-likeness (QED) is 0.560. The summed E-state index contributed by atoms with van der Waals surface area (Å²) in [6.45, 7) is 8.30. The van der Waals surface area contributed by atoms with Crippen LogP contribution in [-0.2, 0) is 4.79 Å². The van der Waals surface area contributed by atoms with Gasteiger partial charge in [0.15, 0.2) is 0 Å². The summed E-state index contributed by atoms with van der Waals surface area (Å²) in [5.74, 6) is 0.599. The first-order chi connectivity index (χ1) is 5.31. The molecule has 1 atom stereocenters. The third-order valence-corrected chi connectivity index (χ3v) is 1.55. The van der Waals surface area contributed by atoms with E-state index >= 15 is 0 Å². The van der Waals surface area contributed by atoms with E-state index in [4.69, 9.17) is 0 Å². The Morgan fingerprint density at radius 3 is 2.27 bits per heavy atom. The van der Waals surface area contributed by atoms with Crippen molar-refractivity contribution in [3.63, 3.8) is 0 Å². The second kappa shape index (κ2) is 12.4. The second-order valence-corrected chi connectivity index (χ2v) is 2.65. The minimum Gasteiger partial charge on any atom is -0.303 e. The lowest BCUT2D eigenvalue weighted by atomic mass is 10.0. The molecule has 0 rings (SSSR count). The van der Waals surface area contributed by atoms with Crippen molar-refractivity contribution in [3.8, 4) is 0 Å². The van der Waals surface area contributed by atoms with Gasteiger partial charge in [-0.15, -0.1) is 0 Å². The molecular weight excluding hydrogens is 136 g/mol. The van der Waals surface area contributed by atoms with Crippen molar-refractivity contribution in [1.82, 2.24) is 0 Å². The summed E-state index contributed by atoms with van der Waals surface area (Å²) in [4.78, 5) is 9.98. The minimum absolute atomic E-state index is 0.599. The molecule has 0 saturated heterocycles. The van der Waals surface area contributed by atoms with E-state index in [1.54, 1.807) is 0 Å². The van der Waals surface area contributed by atoms with Gasteiger partial charge in [0.2, 0.25) is 0 Å². The molecule has 0 aromatic carbocycles. The number of aldehydes is 1. The van der Waals surface area contributed by atoms with Crippen LogP contribution >= 0.6 is 0 Å². The molecule has 1 heteroatoms. The fourth-order valence-corrected chi connectivity index (χ4v) is 0.835. The average Bonchev–Trinajstić information content (AvgIpc) is 2.05. The lowest BCUT2D eigenvalue weighted by molar-refractivity contribution is -0.108. The highest BCUT2D eigenvalue weighted by atomic mass is 16.1. The van der Waals surface area contributed by atoms with E-state index in [9.17, 15) is 4.79 Å². The van der Waals surface area contributed by atoms with Gasteiger partial charge in [0.25, 0.3) is 0 Å². The standard InChI is InChI=1S/C8H16O.C2H6/c1-3-4-5-8(2)6-7-9;1-2/h7-8H,3-6H2,1-2H3;1-2H3. The number of rotatable bonds is 5. The van der Waals surface area contributed by atoms with Crippen molar-refractivity contribution in [2.45, 2.75) is 53.4 Å². The van der Waals surface area contributed by atoms with Crippen molar-refractivity contribution in [3.05, 3.63) is 0 Å². The number of hydrogen-bond donors (Lipinski definition) is 0. The molecule has 68 valence electrons. The first-order valence-corrected chi connectivity index (χ1v) is 4.74. The van der Waals surface area contributed by atoms with Crippen LogP contribution < -0.4 is 0 Å². The third-order valence-electron chi connectivity index (χ3n) is 1.55. The number of carbonyl (C=O) groups is 1. The molecular formula is C10H22O. The fraction of sp³-hybridized carbons (Fsp3) is 0.900. The van der Waals surface area contributed by atoms with Crippen molar-refractivity contribution in [2.75, 3.05) is 0 Å². The van der Waals surface area contributed by atoms with Gasteiger partial charge >= 0.3 is 0 Å². The van der Waals surface area contributed by atoms with Crippen LogP contribution in [0.1, 0.15) is 53.4 Å². The van der Waals surface area contributed by atoms with Crippen LogP contribution in [0.5, 0.6) is 0 Å². The van der Waals surface area contributed by atoms with E-state index in [2.05, 4.69) is 13.8 Å². The van der Waals surface area contributed by atoms with E-state index in [-0.39, 0.29) is 0 Å². The van der Waals surface area contributed by atoms with E-state index in [1.807, 2.05) is 13.8 Å². The van der Waals surface area contributed by atoms with Crippen LogP contribution in [0.15, 0.2) is 0 Å². The van der Waals surface area contributed by atoms with Crippen molar-refractivity contribution < 1.29 is 4.79 Å². The third kappa shape index (κ3) is 12.8. The largest absolute Gasteiger partial charge is 0.303 e. The van der Waals surface area contributed by atoms with E-state index < -0.39 is 0 Å². The van der Waals surface area contributed by atoms with Gasteiger partial charge in [-0.3, -0.25) is 0 Å². The Balaban J connectivity index is 0. The van der Waals surface area contributed by atoms with E-state index in [0.717, 1.165) is 12.7 Å². The Hall–Kier alpha value is -0.330. The highest BCUT2D eigenvalue weighted by Gasteiger charge is 1.97. The van der Waals surface area contributed by atoms with Crippen LogP contribution in [0.3, 0.4) is 0 Å². The zero-order valence-electron chi connectivity index (χ0n) is 8.39. The predicted octanol–water partition coefficient (Wildman–Crippen LogP) is 3.43. The Morgan fingerprint density at radius 2 is 1.91 bits per heavy atom. The van der Waals surface area contributed by atoms with E-state index in [0.29, 0.717) is 5.92 Å². The first kappa shape index (κ1) is 13.3. The first-order valence-electron chi connectivity index (χ1n) is 4.74. The number of carbonyl (C=O) groups excluding carboxylic acids is 1. The Kier molecular flexibility index (Phi) is 14.9. The highest BCUT2D eigenvalue weighted by Crippen LogP contribution is 2.09. The average molecular weight is 158 g/mol. The molecule has 0 fully saturated rings. The maximum absolute atomic E-state index is 9.98. The van der Waals surface area contributed by atoms with Gasteiger partial charge in [0.1, 0.15) is 6.29 Å². The minimum atomic E-state index is 0.599. The second-order valence-electron chi connectivity index (χ2n) is 2.65. The molecule has 0 heterocycles. The molecule has 0 bridgehead atoms. The predicted molar refractivity (Wildman–Crippen MR) is 50.7 cm³/mol. The Labute approximate surface area is 71.2 Å². The normalized spacial score (nSPS) is 11.3. The smallest absolute Gasteiger partial charge is 0.120 e. The molecule has 0 spiro atoms. The molecule has 0 amide bonds. The summed E-state index contributed by atoms with van der Waals surface area (Å²) in [5, 5.41) is 0. The Bertz CT molecular complexity index is 69.3. The van der Waals surface area contributed by atoms with Gasteiger partial charge in [-0.25, -0.2) is 0 Å². The van der Waals surface area contributed by atoms with Crippen LogP contribution in [0, 0.1) is 5.92 Å². The summed E-state index contributed by atoms with van der Waals surface area (Å²) in [6, 6.07) is 0. The zero-order chi connectivity index (χ0) is 9.11. The maximum Gasteiger partial charge on any atom is 0.120 e. The molecule has 0 radical (unpaired) electrons. The van der Waals surface area contributed by atoms with Gasteiger partial charge in [0, 0.05) is 6.42 Å².